The zero-order valence-electron chi connectivity index (χ0n) is 18.1. The normalized spacial score (nSPS) is 12.5. The Morgan fingerprint density at radius 3 is 2.58 bits per heavy atom. The fraction of sp³-hybridized carbons (Fsp3) is 0.391. The van der Waals surface area contributed by atoms with Crippen LogP contribution in [-0.4, -0.2) is 56.4 Å². The van der Waals surface area contributed by atoms with Crippen molar-refractivity contribution >= 4 is 32.6 Å². The molecule has 0 atom stereocenters. The molecule has 0 aliphatic carbocycles. The summed E-state index contributed by atoms with van der Waals surface area (Å²) in [6.07, 6.45) is 2.09. The molecule has 164 valence electrons. The number of benzene rings is 2. The average molecular weight is 442 g/mol. The number of unbranched alkanes of at least 4 members (excludes halogenated alkanes) is 1. The summed E-state index contributed by atoms with van der Waals surface area (Å²) in [6.45, 7) is 4.30. The first-order chi connectivity index (χ1) is 15.0. The van der Waals surface area contributed by atoms with Crippen molar-refractivity contribution < 1.29 is 19.0 Å². The molecule has 4 rings (SSSR count). The van der Waals surface area contributed by atoms with E-state index in [2.05, 4.69) is 11.8 Å². The van der Waals surface area contributed by atoms with Gasteiger partial charge in [-0.05, 0) is 44.8 Å². The molecule has 1 aliphatic heterocycles. The minimum absolute atomic E-state index is 0.0824. The molecule has 0 saturated carbocycles. The Balaban J connectivity index is 1.58. The number of ether oxygens (including phenoxy) is 3. The number of nitrogens with zero attached hydrogens (tertiary/aromatic N) is 3. The number of amides is 1. The van der Waals surface area contributed by atoms with E-state index < -0.39 is 0 Å². The van der Waals surface area contributed by atoms with Gasteiger partial charge in [0.05, 0.1) is 16.8 Å². The second-order valence-corrected chi connectivity index (χ2v) is 8.67. The Hall–Kier alpha value is -2.84. The lowest BCUT2D eigenvalue weighted by atomic mass is 10.2. The molecule has 0 saturated heterocycles. The van der Waals surface area contributed by atoms with E-state index in [1.807, 2.05) is 50.5 Å². The highest BCUT2D eigenvalue weighted by Crippen LogP contribution is 2.40. The van der Waals surface area contributed by atoms with Crippen molar-refractivity contribution in [3.63, 3.8) is 0 Å². The average Bonchev–Trinajstić information content (AvgIpc) is 3.38. The van der Waals surface area contributed by atoms with Crippen molar-refractivity contribution in [1.82, 2.24) is 9.88 Å². The largest absolute Gasteiger partial charge is 0.494 e. The first kappa shape index (κ1) is 21.4. The van der Waals surface area contributed by atoms with Gasteiger partial charge in [-0.3, -0.25) is 9.69 Å². The molecule has 1 amide bonds. The molecule has 0 N–H and O–H groups in total. The summed E-state index contributed by atoms with van der Waals surface area (Å²) in [7, 11) is 3.98. The van der Waals surface area contributed by atoms with E-state index in [-0.39, 0.29) is 12.7 Å². The Morgan fingerprint density at radius 1 is 1.13 bits per heavy atom. The van der Waals surface area contributed by atoms with Gasteiger partial charge in [0.2, 0.25) is 6.79 Å². The maximum absolute atomic E-state index is 13.4. The van der Waals surface area contributed by atoms with Crippen molar-refractivity contribution in [2.75, 3.05) is 45.5 Å². The summed E-state index contributed by atoms with van der Waals surface area (Å²) in [4.78, 5) is 21.9. The summed E-state index contributed by atoms with van der Waals surface area (Å²) in [5.74, 6) is 2.10. The third-order valence-electron chi connectivity index (χ3n) is 4.99. The van der Waals surface area contributed by atoms with Crippen molar-refractivity contribution in [2.24, 2.45) is 0 Å². The minimum Gasteiger partial charge on any atom is -0.494 e. The van der Waals surface area contributed by atoms with Gasteiger partial charge in [-0.25, -0.2) is 4.98 Å². The molecular weight excluding hydrogens is 414 g/mol. The highest BCUT2D eigenvalue weighted by Gasteiger charge is 2.23. The van der Waals surface area contributed by atoms with Crippen molar-refractivity contribution in [3.05, 3.63) is 42.0 Å². The van der Waals surface area contributed by atoms with Crippen LogP contribution in [0.15, 0.2) is 36.4 Å². The van der Waals surface area contributed by atoms with E-state index in [1.54, 1.807) is 4.90 Å². The Kier molecular flexibility index (Phi) is 6.58. The van der Waals surface area contributed by atoms with E-state index in [9.17, 15) is 4.79 Å². The molecule has 1 aromatic heterocycles. The van der Waals surface area contributed by atoms with Crippen LogP contribution in [-0.2, 0) is 0 Å². The van der Waals surface area contributed by atoms with E-state index in [0.717, 1.165) is 35.4 Å². The maximum atomic E-state index is 13.4. The van der Waals surface area contributed by atoms with Gasteiger partial charge in [0.1, 0.15) is 5.75 Å². The van der Waals surface area contributed by atoms with Gasteiger partial charge >= 0.3 is 0 Å². The molecule has 0 radical (unpaired) electrons. The number of aromatic nitrogens is 1. The predicted octanol–water partition coefficient (Wildman–Crippen LogP) is 4.41. The van der Waals surface area contributed by atoms with E-state index >= 15 is 0 Å². The zero-order valence-corrected chi connectivity index (χ0v) is 18.9. The summed E-state index contributed by atoms with van der Waals surface area (Å²) in [5, 5.41) is 0.661. The molecule has 2 aromatic carbocycles. The second kappa shape index (κ2) is 9.53. The second-order valence-electron chi connectivity index (χ2n) is 7.66. The third kappa shape index (κ3) is 4.91. The molecule has 0 unspecified atom stereocenters. The standard InChI is InChI=1S/C23H27N3O4S/c1-4-5-12-28-17-8-6-16(7-9-17)22(27)26(11-10-25(2)3)23-24-18-13-19-20(30-15-29-19)14-21(18)31-23/h6-9,13-14H,4-5,10-12,15H2,1-3H3. The monoisotopic (exact) mass is 441 g/mol. The molecule has 0 bridgehead atoms. The van der Waals surface area contributed by atoms with E-state index in [0.29, 0.717) is 35.3 Å². The Bertz CT molecular complexity index is 1010. The quantitative estimate of drug-likeness (QED) is 0.458. The van der Waals surface area contributed by atoms with Gasteiger partial charge in [0, 0.05) is 30.8 Å². The van der Waals surface area contributed by atoms with E-state index in [4.69, 9.17) is 19.2 Å². The minimum atomic E-state index is -0.0824. The SMILES string of the molecule is CCCCOc1ccc(C(=O)N(CCN(C)C)c2nc3cc4c(cc3s2)OCO4)cc1. The molecule has 0 spiro atoms. The summed E-state index contributed by atoms with van der Waals surface area (Å²) in [5.41, 5.74) is 1.40. The Labute approximate surface area is 186 Å². The number of carbonyl (C=O) groups is 1. The van der Waals surface area contributed by atoms with Crippen LogP contribution < -0.4 is 19.1 Å². The molecule has 2 heterocycles. The van der Waals surface area contributed by atoms with Crippen molar-refractivity contribution in [1.29, 1.82) is 0 Å². The molecule has 0 fully saturated rings. The fourth-order valence-electron chi connectivity index (χ4n) is 3.19. The molecule has 1 aliphatic rings. The maximum Gasteiger partial charge on any atom is 0.260 e. The summed E-state index contributed by atoms with van der Waals surface area (Å²) < 4.78 is 17.6. The highest BCUT2D eigenvalue weighted by molar-refractivity contribution is 7.22. The molecule has 8 heteroatoms. The third-order valence-corrected chi connectivity index (χ3v) is 6.03. The lowest BCUT2D eigenvalue weighted by molar-refractivity contribution is 0.0985. The molecule has 3 aromatic rings. The number of thiazole rings is 1. The van der Waals surface area contributed by atoms with Crippen molar-refractivity contribution in [2.45, 2.75) is 19.8 Å². The van der Waals surface area contributed by atoms with Gasteiger partial charge in [0.15, 0.2) is 16.6 Å². The van der Waals surface area contributed by atoms with Crippen LogP contribution in [0.3, 0.4) is 0 Å². The number of carbonyl (C=O) groups excluding carboxylic acids is 1. The summed E-state index contributed by atoms with van der Waals surface area (Å²) >= 11 is 1.48. The number of anilines is 1. The lowest BCUT2D eigenvalue weighted by Crippen LogP contribution is -2.36. The zero-order chi connectivity index (χ0) is 21.8. The first-order valence-corrected chi connectivity index (χ1v) is 11.3. The predicted molar refractivity (Wildman–Crippen MR) is 123 cm³/mol. The van der Waals surface area contributed by atoms with Gasteiger partial charge in [0.25, 0.3) is 5.91 Å². The van der Waals surface area contributed by atoms with Gasteiger partial charge < -0.3 is 19.1 Å². The summed E-state index contributed by atoms with van der Waals surface area (Å²) in [6, 6.07) is 11.1. The van der Waals surface area contributed by atoms with Gasteiger partial charge in [-0.2, -0.15) is 0 Å². The highest BCUT2D eigenvalue weighted by atomic mass is 32.1. The smallest absolute Gasteiger partial charge is 0.260 e. The van der Waals surface area contributed by atoms with Crippen LogP contribution in [0.2, 0.25) is 0 Å². The van der Waals surface area contributed by atoms with Crippen LogP contribution in [0.5, 0.6) is 17.2 Å². The van der Waals surface area contributed by atoms with Crippen LogP contribution in [0.1, 0.15) is 30.1 Å². The molecular formula is C23H27N3O4S. The Morgan fingerprint density at radius 2 is 1.87 bits per heavy atom. The molecule has 7 nitrogen and oxygen atoms in total. The van der Waals surface area contributed by atoms with Crippen LogP contribution in [0.4, 0.5) is 5.13 Å². The first-order valence-electron chi connectivity index (χ1n) is 10.4. The van der Waals surface area contributed by atoms with Crippen molar-refractivity contribution in [3.8, 4) is 17.2 Å². The number of hydrogen-bond acceptors (Lipinski definition) is 7. The topological polar surface area (TPSA) is 64.1 Å². The number of fused-ring (bicyclic) bond motifs is 2. The van der Waals surface area contributed by atoms with Crippen LogP contribution >= 0.6 is 11.3 Å². The fourth-order valence-corrected chi connectivity index (χ4v) is 4.19. The van der Waals surface area contributed by atoms with Gasteiger partial charge in [-0.15, -0.1) is 0 Å². The number of likely N-dealkylation sites (N-methyl/N-ethyl adjacent to an activating group) is 1. The number of hydrogen-bond donors (Lipinski definition) is 0. The lowest BCUT2D eigenvalue weighted by Gasteiger charge is -2.22. The van der Waals surface area contributed by atoms with Crippen LogP contribution in [0.25, 0.3) is 10.2 Å². The van der Waals surface area contributed by atoms with Crippen LogP contribution in [0, 0.1) is 0 Å². The van der Waals surface area contributed by atoms with E-state index in [1.165, 1.54) is 11.3 Å². The number of rotatable bonds is 9. The molecule has 31 heavy (non-hydrogen) atoms. The van der Waals surface area contributed by atoms with Gasteiger partial charge in [-0.1, -0.05) is 24.7 Å².